The lowest BCUT2D eigenvalue weighted by molar-refractivity contribution is -0.139. The number of nitrogens with one attached hydrogen (secondary N) is 1. The summed E-state index contributed by atoms with van der Waals surface area (Å²) in [6, 6.07) is 20.9. The highest BCUT2D eigenvalue weighted by Gasteiger charge is 2.30. The van der Waals surface area contributed by atoms with Gasteiger partial charge in [0.1, 0.15) is 29.4 Å². The lowest BCUT2D eigenvalue weighted by atomic mass is 10.00. The number of halogens is 1. The molecular weight excluding hydrogens is 649 g/mol. The molecule has 13 heteroatoms. The standard InChI is InChI=1S/C36H32FN5O6S/c1-20-9-11-21(12-10-20)35-33(36(44)38-2)24-15-23(29(17-31(24)48-35)40(3)49(5,45)46)26-13-14-28-34(39-26)30-16-22-25(37)7-6-8-27(22)42(30)19-41(28)18-32(43)47-4/h6-17H,18-19H2,1-5H3,(H,38,44). The van der Waals surface area contributed by atoms with Gasteiger partial charge in [0.15, 0.2) is 0 Å². The number of carbonyl (C=O) groups is 2. The number of benzene rings is 3. The summed E-state index contributed by atoms with van der Waals surface area (Å²) in [6.07, 6.45) is 1.09. The summed E-state index contributed by atoms with van der Waals surface area (Å²) in [5, 5.41) is 3.55. The Morgan fingerprint density at radius 1 is 1.06 bits per heavy atom. The van der Waals surface area contributed by atoms with E-state index in [1.165, 1.54) is 27.3 Å². The summed E-state index contributed by atoms with van der Waals surface area (Å²) in [5.74, 6) is -0.907. The van der Waals surface area contributed by atoms with Crippen LogP contribution in [0.3, 0.4) is 0 Å². The predicted octanol–water partition coefficient (Wildman–Crippen LogP) is 5.94. The SMILES string of the molecule is CNC(=O)c1c(-c2ccc(C)cc2)oc2cc(N(C)S(C)(=O)=O)c(-c3ccc4c(n3)-c3cc5c(F)cccc5n3CN4CC(=O)OC)cc12. The molecule has 3 aromatic heterocycles. The van der Waals surface area contributed by atoms with Crippen LogP contribution in [-0.2, 0) is 26.2 Å². The first kappa shape index (κ1) is 31.9. The van der Waals surface area contributed by atoms with Gasteiger partial charge in [0.05, 0.1) is 53.9 Å². The fraction of sp³-hybridized carbons (Fsp3) is 0.194. The van der Waals surface area contributed by atoms with Crippen molar-refractivity contribution in [1.82, 2.24) is 14.9 Å². The number of anilines is 2. The first-order valence-corrected chi connectivity index (χ1v) is 17.2. The molecular formula is C36H32FN5O6S. The minimum absolute atomic E-state index is 0.0841. The highest BCUT2D eigenvalue weighted by atomic mass is 32.2. The molecule has 3 aromatic carbocycles. The summed E-state index contributed by atoms with van der Waals surface area (Å²) in [5.41, 5.74) is 5.66. The van der Waals surface area contributed by atoms with E-state index in [-0.39, 0.29) is 30.4 Å². The van der Waals surface area contributed by atoms with Gasteiger partial charge < -0.3 is 23.9 Å². The van der Waals surface area contributed by atoms with Crippen molar-refractivity contribution in [1.29, 1.82) is 0 Å². The number of ether oxygens (including phenoxy) is 1. The van der Waals surface area contributed by atoms with Gasteiger partial charge in [-0.2, -0.15) is 0 Å². The van der Waals surface area contributed by atoms with Gasteiger partial charge in [-0.25, -0.2) is 17.8 Å². The Kier molecular flexibility index (Phi) is 7.66. The number of hydrogen-bond acceptors (Lipinski definition) is 8. The molecule has 0 saturated heterocycles. The lowest BCUT2D eigenvalue weighted by Gasteiger charge is -2.32. The van der Waals surface area contributed by atoms with E-state index in [1.54, 1.807) is 47.4 Å². The van der Waals surface area contributed by atoms with Crippen LogP contribution >= 0.6 is 0 Å². The number of rotatable bonds is 7. The normalized spacial score (nSPS) is 12.6. The zero-order chi connectivity index (χ0) is 34.8. The van der Waals surface area contributed by atoms with Crippen molar-refractivity contribution >= 4 is 55.1 Å². The number of fused-ring (bicyclic) bond motifs is 6. The molecule has 1 aliphatic rings. The van der Waals surface area contributed by atoms with E-state index in [0.717, 1.165) is 16.1 Å². The number of sulfonamides is 1. The molecule has 0 radical (unpaired) electrons. The quantitative estimate of drug-likeness (QED) is 0.205. The molecule has 4 heterocycles. The molecule has 6 aromatic rings. The summed E-state index contributed by atoms with van der Waals surface area (Å²) in [4.78, 5) is 32.7. The number of methoxy groups -OCH3 is 1. The maximum Gasteiger partial charge on any atom is 0.325 e. The van der Waals surface area contributed by atoms with Crippen molar-refractivity contribution in [3.63, 3.8) is 0 Å². The Bertz CT molecular complexity index is 2430. The number of carbonyl (C=O) groups excluding carboxylic acids is 2. The number of amides is 1. The van der Waals surface area contributed by atoms with Crippen molar-refractivity contribution in [3.8, 4) is 34.0 Å². The van der Waals surface area contributed by atoms with Crippen LogP contribution in [0.5, 0.6) is 0 Å². The topological polar surface area (TPSA) is 127 Å². The lowest BCUT2D eigenvalue weighted by Crippen LogP contribution is -2.35. The third-order valence-electron chi connectivity index (χ3n) is 8.90. The Morgan fingerprint density at radius 3 is 2.51 bits per heavy atom. The van der Waals surface area contributed by atoms with Crippen molar-refractivity contribution in [2.45, 2.75) is 13.6 Å². The molecule has 0 bridgehead atoms. The van der Waals surface area contributed by atoms with Crippen molar-refractivity contribution in [2.75, 3.05) is 43.2 Å². The molecule has 0 atom stereocenters. The van der Waals surface area contributed by atoms with Gasteiger partial charge >= 0.3 is 5.97 Å². The van der Waals surface area contributed by atoms with Crippen LogP contribution < -0.4 is 14.5 Å². The van der Waals surface area contributed by atoms with Gasteiger partial charge in [-0.15, -0.1) is 0 Å². The number of aryl methyl sites for hydroxylation is 1. The minimum Gasteiger partial charge on any atom is -0.468 e. The zero-order valence-corrected chi connectivity index (χ0v) is 28.2. The maximum atomic E-state index is 15.0. The van der Waals surface area contributed by atoms with Gasteiger partial charge in [-0.05, 0) is 43.3 Å². The smallest absolute Gasteiger partial charge is 0.325 e. The Balaban J connectivity index is 1.50. The summed E-state index contributed by atoms with van der Waals surface area (Å²) >= 11 is 0. The zero-order valence-electron chi connectivity index (χ0n) is 27.4. The molecule has 49 heavy (non-hydrogen) atoms. The van der Waals surface area contributed by atoms with Gasteiger partial charge in [0.25, 0.3) is 5.91 Å². The van der Waals surface area contributed by atoms with E-state index in [1.807, 2.05) is 35.8 Å². The minimum atomic E-state index is -3.77. The van der Waals surface area contributed by atoms with Gasteiger partial charge in [0, 0.05) is 42.1 Å². The fourth-order valence-corrected chi connectivity index (χ4v) is 6.79. The second-order valence-electron chi connectivity index (χ2n) is 12.0. The molecule has 0 fully saturated rings. The summed E-state index contributed by atoms with van der Waals surface area (Å²) in [6.45, 7) is 2.11. The molecule has 0 unspecified atom stereocenters. The van der Waals surface area contributed by atoms with Gasteiger partial charge in [0.2, 0.25) is 10.0 Å². The predicted molar refractivity (Wildman–Crippen MR) is 187 cm³/mol. The third-order valence-corrected chi connectivity index (χ3v) is 10.1. The fourth-order valence-electron chi connectivity index (χ4n) is 6.28. The Hall–Kier alpha value is -5.69. The number of furan rings is 1. The molecule has 1 aliphatic heterocycles. The first-order valence-electron chi connectivity index (χ1n) is 15.3. The molecule has 1 amide bonds. The highest BCUT2D eigenvalue weighted by molar-refractivity contribution is 7.92. The van der Waals surface area contributed by atoms with Crippen LogP contribution in [-0.4, -0.2) is 63.9 Å². The Morgan fingerprint density at radius 2 is 1.82 bits per heavy atom. The van der Waals surface area contributed by atoms with Crippen LogP contribution in [0.15, 0.2) is 77.2 Å². The summed E-state index contributed by atoms with van der Waals surface area (Å²) in [7, 11) is 0.498. The number of nitrogens with zero attached hydrogens (tertiary/aromatic N) is 4. The van der Waals surface area contributed by atoms with Crippen molar-refractivity contribution < 1.29 is 31.6 Å². The monoisotopic (exact) mass is 681 g/mol. The van der Waals surface area contributed by atoms with E-state index in [9.17, 15) is 18.0 Å². The van der Waals surface area contributed by atoms with E-state index < -0.39 is 21.8 Å². The van der Waals surface area contributed by atoms with Crippen LogP contribution in [0, 0.1) is 12.7 Å². The number of esters is 1. The number of hydrogen-bond donors (Lipinski definition) is 1. The van der Waals surface area contributed by atoms with Gasteiger partial charge in [-0.1, -0.05) is 35.9 Å². The van der Waals surface area contributed by atoms with E-state index in [0.29, 0.717) is 61.5 Å². The van der Waals surface area contributed by atoms with Crippen LogP contribution in [0.1, 0.15) is 15.9 Å². The highest BCUT2D eigenvalue weighted by Crippen LogP contribution is 2.44. The Labute approximate surface area is 281 Å². The molecule has 0 aliphatic carbocycles. The molecule has 11 nitrogen and oxygen atoms in total. The first-order chi connectivity index (χ1) is 23.4. The second kappa shape index (κ2) is 11.8. The van der Waals surface area contributed by atoms with Crippen molar-refractivity contribution in [2.24, 2.45) is 0 Å². The molecule has 0 spiro atoms. The average molecular weight is 682 g/mol. The van der Waals surface area contributed by atoms with E-state index in [4.69, 9.17) is 14.1 Å². The number of pyridine rings is 1. The van der Waals surface area contributed by atoms with Crippen LogP contribution in [0.4, 0.5) is 15.8 Å². The van der Waals surface area contributed by atoms with E-state index >= 15 is 4.39 Å². The third kappa shape index (κ3) is 5.35. The molecule has 0 saturated carbocycles. The molecule has 7 rings (SSSR count). The maximum absolute atomic E-state index is 15.0. The van der Waals surface area contributed by atoms with Crippen LogP contribution in [0.2, 0.25) is 0 Å². The summed E-state index contributed by atoms with van der Waals surface area (Å²) < 4.78 is 55.2. The molecule has 1 N–H and O–H groups in total. The number of aromatic nitrogens is 2. The molecule has 250 valence electrons. The van der Waals surface area contributed by atoms with Crippen molar-refractivity contribution in [3.05, 3.63) is 89.7 Å². The largest absolute Gasteiger partial charge is 0.468 e. The second-order valence-corrected chi connectivity index (χ2v) is 14.0. The van der Waals surface area contributed by atoms with Gasteiger partial charge in [-0.3, -0.25) is 13.9 Å². The van der Waals surface area contributed by atoms with Crippen LogP contribution in [0.25, 0.3) is 55.8 Å². The van der Waals surface area contributed by atoms with E-state index in [2.05, 4.69) is 5.32 Å². The average Bonchev–Trinajstić information content (AvgIpc) is 3.66.